The van der Waals surface area contributed by atoms with E-state index in [1.165, 1.54) is 37.8 Å². The van der Waals surface area contributed by atoms with Gasteiger partial charge in [0.1, 0.15) is 0 Å². The van der Waals surface area contributed by atoms with Crippen molar-refractivity contribution in [3.05, 3.63) is 23.8 Å². The molecule has 1 heterocycles. The minimum Gasteiger partial charge on any atom is -0.331 e. The van der Waals surface area contributed by atoms with Crippen LogP contribution in [0, 0.1) is 5.92 Å². The number of nitrogens with one attached hydrogen (secondary N) is 1. The molecule has 1 aromatic rings. The lowest BCUT2D eigenvalue weighted by molar-refractivity contribution is 0.398. The molecule has 0 unspecified atom stereocenters. The Morgan fingerprint density at radius 1 is 1.44 bits per heavy atom. The molecule has 0 amide bonds. The molecule has 0 aromatic carbocycles. The molecule has 18 heavy (non-hydrogen) atoms. The van der Waals surface area contributed by atoms with Crippen LogP contribution in [0.4, 0.5) is 0 Å². The Labute approximate surface area is 110 Å². The van der Waals surface area contributed by atoms with Crippen LogP contribution in [0.15, 0.2) is 18.1 Å². The third-order valence-corrected chi connectivity index (χ3v) is 3.93. The molecule has 0 bridgehead atoms. The Morgan fingerprint density at radius 3 is 2.89 bits per heavy atom. The first-order chi connectivity index (χ1) is 8.85. The standard InChI is InChI=1S/C15H25N3/c1-3-18-12-17-11-15(18)9-14(10-16-2)13-7-5-4-6-8-13/h9,11-13,16H,3-8,10H2,1-2H3. The van der Waals surface area contributed by atoms with Gasteiger partial charge in [0.25, 0.3) is 0 Å². The Bertz CT molecular complexity index is 386. The lowest BCUT2D eigenvalue weighted by atomic mass is 9.83. The fraction of sp³-hybridized carbons (Fsp3) is 0.667. The summed E-state index contributed by atoms with van der Waals surface area (Å²) in [5, 5.41) is 3.32. The Hall–Kier alpha value is -1.09. The van der Waals surface area contributed by atoms with E-state index in [1.54, 1.807) is 5.57 Å². The van der Waals surface area contributed by atoms with E-state index in [9.17, 15) is 0 Å². The average Bonchev–Trinajstić information content (AvgIpc) is 2.86. The highest BCUT2D eigenvalue weighted by Gasteiger charge is 2.17. The summed E-state index contributed by atoms with van der Waals surface area (Å²) in [6.45, 7) is 4.15. The normalized spacial score (nSPS) is 18.2. The maximum absolute atomic E-state index is 4.25. The lowest BCUT2D eigenvalue weighted by Gasteiger charge is -2.24. The van der Waals surface area contributed by atoms with Crippen molar-refractivity contribution in [2.45, 2.75) is 45.6 Å². The molecule has 1 aromatic heterocycles. The zero-order valence-corrected chi connectivity index (χ0v) is 11.7. The van der Waals surface area contributed by atoms with Crippen LogP contribution in [0.3, 0.4) is 0 Å². The van der Waals surface area contributed by atoms with E-state index in [0.717, 1.165) is 19.0 Å². The molecule has 0 aliphatic heterocycles. The second-order valence-electron chi connectivity index (χ2n) is 5.19. The maximum atomic E-state index is 4.25. The van der Waals surface area contributed by atoms with Crippen LogP contribution in [-0.4, -0.2) is 23.1 Å². The lowest BCUT2D eigenvalue weighted by Crippen LogP contribution is -2.19. The van der Waals surface area contributed by atoms with Crippen molar-refractivity contribution in [1.29, 1.82) is 0 Å². The second kappa shape index (κ2) is 6.74. The fourth-order valence-corrected chi connectivity index (χ4v) is 2.90. The summed E-state index contributed by atoms with van der Waals surface area (Å²) in [4.78, 5) is 4.25. The Morgan fingerprint density at radius 2 is 2.22 bits per heavy atom. The quantitative estimate of drug-likeness (QED) is 0.866. The molecule has 0 spiro atoms. The number of likely N-dealkylation sites (N-methyl/N-ethyl adjacent to an activating group) is 1. The molecule has 3 nitrogen and oxygen atoms in total. The number of imidazole rings is 1. The molecule has 0 saturated heterocycles. The zero-order valence-electron chi connectivity index (χ0n) is 11.7. The maximum Gasteiger partial charge on any atom is 0.0950 e. The Kier molecular flexibility index (Phi) is 5.00. The van der Waals surface area contributed by atoms with Gasteiger partial charge in [-0.2, -0.15) is 0 Å². The summed E-state index contributed by atoms with van der Waals surface area (Å²) >= 11 is 0. The number of hydrogen-bond donors (Lipinski definition) is 1. The van der Waals surface area contributed by atoms with Crippen molar-refractivity contribution in [2.75, 3.05) is 13.6 Å². The van der Waals surface area contributed by atoms with E-state index in [0.29, 0.717) is 0 Å². The highest BCUT2D eigenvalue weighted by atomic mass is 15.0. The topological polar surface area (TPSA) is 29.9 Å². The van der Waals surface area contributed by atoms with E-state index < -0.39 is 0 Å². The largest absolute Gasteiger partial charge is 0.331 e. The third kappa shape index (κ3) is 3.22. The van der Waals surface area contributed by atoms with Crippen LogP contribution in [0.1, 0.15) is 44.7 Å². The summed E-state index contributed by atoms with van der Waals surface area (Å²) < 4.78 is 2.21. The molecule has 0 radical (unpaired) electrons. The van der Waals surface area contributed by atoms with Crippen molar-refractivity contribution in [3.8, 4) is 0 Å². The van der Waals surface area contributed by atoms with E-state index >= 15 is 0 Å². The molecule has 100 valence electrons. The predicted molar refractivity (Wildman–Crippen MR) is 76.4 cm³/mol. The Balaban J connectivity index is 2.17. The monoisotopic (exact) mass is 247 g/mol. The molecule has 1 aliphatic rings. The van der Waals surface area contributed by atoms with Gasteiger partial charge in [-0.15, -0.1) is 0 Å². The molecule has 1 fully saturated rings. The predicted octanol–water partition coefficient (Wildman–Crippen LogP) is 3.09. The van der Waals surface area contributed by atoms with Gasteiger partial charge in [0.15, 0.2) is 0 Å². The fourth-order valence-electron chi connectivity index (χ4n) is 2.90. The molecule has 1 N–H and O–H groups in total. The smallest absolute Gasteiger partial charge is 0.0950 e. The highest BCUT2D eigenvalue weighted by molar-refractivity contribution is 5.50. The SMILES string of the molecule is CCn1cncc1C=C(CNC)C1CCCCC1. The van der Waals surface area contributed by atoms with Gasteiger partial charge in [-0.1, -0.05) is 24.8 Å². The van der Waals surface area contributed by atoms with Crippen LogP contribution >= 0.6 is 0 Å². The first kappa shape index (κ1) is 13.3. The molecule has 2 rings (SSSR count). The minimum absolute atomic E-state index is 0.770. The van der Waals surface area contributed by atoms with Gasteiger partial charge in [-0.25, -0.2) is 4.98 Å². The van der Waals surface area contributed by atoms with E-state index in [4.69, 9.17) is 0 Å². The van der Waals surface area contributed by atoms with Gasteiger partial charge in [0, 0.05) is 13.1 Å². The first-order valence-corrected chi connectivity index (χ1v) is 7.20. The summed E-state index contributed by atoms with van der Waals surface area (Å²) in [6, 6.07) is 0. The summed E-state index contributed by atoms with van der Waals surface area (Å²) in [5.41, 5.74) is 2.79. The molecule has 1 aliphatic carbocycles. The zero-order chi connectivity index (χ0) is 12.8. The average molecular weight is 247 g/mol. The molecule has 1 saturated carbocycles. The summed E-state index contributed by atoms with van der Waals surface area (Å²) in [7, 11) is 2.04. The molecule has 3 heteroatoms. The van der Waals surface area contributed by atoms with Gasteiger partial charge in [-0.3, -0.25) is 0 Å². The number of aromatic nitrogens is 2. The van der Waals surface area contributed by atoms with Crippen LogP contribution in [0.2, 0.25) is 0 Å². The number of rotatable bonds is 5. The van der Waals surface area contributed by atoms with Crippen molar-refractivity contribution < 1.29 is 0 Å². The third-order valence-electron chi connectivity index (χ3n) is 3.93. The van der Waals surface area contributed by atoms with E-state index in [1.807, 2.05) is 19.6 Å². The van der Waals surface area contributed by atoms with Crippen LogP contribution in [0.25, 0.3) is 6.08 Å². The molecular formula is C15H25N3. The van der Waals surface area contributed by atoms with E-state index in [2.05, 4.69) is 27.9 Å². The van der Waals surface area contributed by atoms with Gasteiger partial charge in [0.2, 0.25) is 0 Å². The second-order valence-corrected chi connectivity index (χ2v) is 5.19. The molecule has 0 atom stereocenters. The van der Waals surface area contributed by atoms with Crippen LogP contribution in [0.5, 0.6) is 0 Å². The number of aryl methyl sites for hydroxylation is 1. The minimum atomic E-state index is 0.770. The number of nitrogens with zero attached hydrogens (tertiary/aromatic N) is 2. The van der Waals surface area contributed by atoms with Crippen molar-refractivity contribution in [1.82, 2.24) is 14.9 Å². The van der Waals surface area contributed by atoms with Gasteiger partial charge in [-0.05, 0) is 38.8 Å². The first-order valence-electron chi connectivity index (χ1n) is 7.20. The van der Waals surface area contributed by atoms with Crippen molar-refractivity contribution >= 4 is 6.08 Å². The highest BCUT2D eigenvalue weighted by Crippen LogP contribution is 2.30. The van der Waals surface area contributed by atoms with Crippen LogP contribution in [-0.2, 0) is 6.54 Å². The molecular weight excluding hydrogens is 222 g/mol. The van der Waals surface area contributed by atoms with Gasteiger partial charge < -0.3 is 9.88 Å². The summed E-state index contributed by atoms with van der Waals surface area (Å²) in [6.07, 6.45) is 13.1. The van der Waals surface area contributed by atoms with Crippen molar-refractivity contribution in [2.24, 2.45) is 5.92 Å². The van der Waals surface area contributed by atoms with Crippen LogP contribution < -0.4 is 5.32 Å². The van der Waals surface area contributed by atoms with Gasteiger partial charge in [0.05, 0.1) is 18.2 Å². The summed E-state index contributed by atoms with van der Waals surface area (Å²) in [5.74, 6) is 0.770. The van der Waals surface area contributed by atoms with Gasteiger partial charge >= 0.3 is 0 Å². The van der Waals surface area contributed by atoms with E-state index in [-0.39, 0.29) is 0 Å². The van der Waals surface area contributed by atoms with Crippen molar-refractivity contribution in [3.63, 3.8) is 0 Å². The number of hydrogen-bond acceptors (Lipinski definition) is 2.